The molecule has 0 fully saturated rings. The molecule has 0 saturated carbocycles. The molecule has 3 rings (SSSR count). The number of nitriles is 1. The fraction of sp³-hybridized carbons (Fsp3) is 0.0588. The number of aromatic hydroxyl groups is 1. The zero-order valence-corrected chi connectivity index (χ0v) is 11.5. The van der Waals surface area contributed by atoms with Crippen LogP contribution in [0.2, 0.25) is 0 Å². The lowest BCUT2D eigenvalue weighted by molar-refractivity contribution is 0.475. The van der Waals surface area contributed by atoms with Crippen LogP contribution in [0.1, 0.15) is 5.56 Å². The number of rotatable bonds is 2. The van der Waals surface area contributed by atoms with E-state index in [1.165, 1.54) is 0 Å². The summed E-state index contributed by atoms with van der Waals surface area (Å²) < 4.78 is 0. The molecule has 21 heavy (non-hydrogen) atoms. The number of hydrogen-bond donors (Lipinski definition) is 1. The summed E-state index contributed by atoms with van der Waals surface area (Å²) in [6, 6.07) is 18.4. The predicted octanol–water partition coefficient (Wildman–Crippen LogP) is 3.58. The zero-order chi connectivity index (χ0) is 14.8. The largest absolute Gasteiger partial charge is 0.508 e. The predicted molar refractivity (Wildman–Crippen MR) is 82.6 cm³/mol. The Morgan fingerprint density at radius 3 is 2.52 bits per heavy atom. The standard InChI is InChI=1S/C17H13N3O/c1-20(13-6-8-14(21)9-7-13)17-10-12(11-18)15-4-2-3-5-16(15)19-17/h2-10,21H,1H3. The number of aromatic nitrogens is 1. The van der Waals surface area contributed by atoms with E-state index in [1.807, 2.05) is 36.2 Å². The van der Waals surface area contributed by atoms with Gasteiger partial charge < -0.3 is 10.0 Å². The molecule has 2 aromatic carbocycles. The Morgan fingerprint density at radius 1 is 1.10 bits per heavy atom. The van der Waals surface area contributed by atoms with Crippen LogP contribution in [0.5, 0.6) is 5.75 Å². The fourth-order valence-electron chi connectivity index (χ4n) is 2.23. The van der Waals surface area contributed by atoms with Crippen molar-refractivity contribution in [3.63, 3.8) is 0 Å². The summed E-state index contributed by atoms with van der Waals surface area (Å²) in [6.45, 7) is 0. The molecule has 3 aromatic rings. The molecule has 1 N–H and O–H groups in total. The Bertz CT molecular complexity index is 835. The molecule has 0 saturated heterocycles. The first-order chi connectivity index (χ1) is 10.2. The van der Waals surface area contributed by atoms with E-state index in [0.717, 1.165) is 16.6 Å². The fourth-order valence-corrected chi connectivity index (χ4v) is 2.23. The van der Waals surface area contributed by atoms with Crippen molar-refractivity contribution < 1.29 is 5.11 Å². The highest BCUT2D eigenvalue weighted by atomic mass is 16.3. The molecule has 4 nitrogen and oxygen atoms in total. The summed E-state index contributed by atoms with van der Waals surface area (Å²) in [7, 11) is 1.88. The second-order valence-corrected chi connectivity index (χ2v) is 4.73. The molecule has 0 aliphatic heterocycles. The van der Waals surface area contributed by atoms with Gasteiger partial charge in [0.1, 0.15) is 11.6 Å². The smallest absolute Gasteiger partial charge is 0.134 e. The summed E-state index contributed by atoms with van der Waals surface area (Å²) in [5.74, 6) is 0.910. The first kappa shape index (κ1) is 12.9. The van der Waals surface area contributed by atoms with E-state index in [9.17, 15) is 10.4 Å². The molecule has 0 aliphatic rings. The lowest BCUT2D eigenvalue weighted by Gasteiger charge is -2.19. The average molecular weight is 275 g/mol. The molecule has 0 unspecified atom stereocenters. The minimum atomic E-state index is 0.219. The van der Waals surface area contributed by atoms with Crippen molar-refractivity contribution in [2.24, 2.45) is 0 Å². The Hall–Kier alpha value is -3.06. The van der Waals surface area contributed by atoms with Gasteiger partial charge in [-0.3, -0.25) is 0 Å². The molecule has 0 aliphatic carbocycles. The van der Waals surface area contributed by atoms with Crippen LogP contribution < -0.4 is 4.90 Å². The van der Waals surface area contributed by atoms with E-state index >= 15 is 0 Å². The Labute approximate surface area is 122 Å². The maximum absolute atomic E-state index is 9.36. The van der Waals surface area contributed by atoms with Gasteiger partial charge in [-0.05, 0) is 36.4 Å². The molecule has 0 bridgehead atoms. The van der Waals surface area contributed by atoms with Gasteiger partial charge in [0.15, 0.2) is 0 Å². The Morgan fingerprint density at radius 2 is 1.81 bits per heavy atom. The van der Waals surface area contributed by atoms with Crippen LogP contribution in [0.25, 0.3) is 10.9 Å². The molecule has 1 aromatic heterocycles. The highest BCUT2D eigenvalue weighted by Gasteiger charge is 2.10. The van der Waals surface area contributed by atoms with Crippen molar-refractivity contribution in [3.8, 4) is 11.8 Å². The summed E-state index contributed by atoms with van der Waals surface area (Å²) >= 11 is 0. The van der Waals surface area contributed by atoms with Crippen LogP contribution in [0, 0.1) is 11.3 Å². The highest BCUT2D eigenvalue weighted by molar-refractivity contribution is 5.87. The van der Waals surface area contributed by atoms with E-state index < -0.39 is 0 Å². The monoisotopic (exact) mass is 275 g/mol. The van der Waals surface area contributed by atoms with Crippen LogP contribution in [0.4, 0.5) is 11.5 Å². The van der Waals surface area contributed by atoms with Gasteiger partial charge >= 0.3 is 0 Å². The maximum Gasteiger partial charge on any atom is 0.134 e. The minimum absolute atomic E-state index is 0.219. The number of nitrogens with zero attached hydrogens (tertiary/aromatic N) is 3. The second-order valence-electron chi connectivity index (χ2n) is 4.73. The third-order valence-corrected chi connectivity index (χ3v) is 3.40. The summed E-state index contributed by atoms with van der Waals surface area (Å²) in [6.07, 6.45) is 0. The molecular formula is C17H13N3O. The molecule has 0 amide bonds. The third kappa shape index (κ3) is 2.37. The Balaban J connectivity index is 2.12. The Kier molecular flexibility index (Phi) is 3.17. The van der Waals surface area contributed by atoms with Gasteiger partial charge in [-0.15, -0.1) is 0 Å². The van der Waals surface area contributed by atoms with Gasteiger partial charge in [-0.2, -0.15) is 5.26 Å². The molecule has 0 radical (unpaired) electrons. The molecule has 0 atom stereocenters. The van der Waals surface area contributed by atoms with Crippen LogP contribution in [-0.2, 0) is 0 Å². The third-order valence-electron chi connectivity index (χ3n) is 3.40. The first-order valence-electron chi connectivity index (χ1n) is 6.51. The molecular weight excluding hydrogens is 262 g/mol. The van der Waals surface area contributed by atoms with Crippen LogP contribution in [-0.4, -0.2) is 17.1 Å². The summed E-state index contributed by atoms with van der Waals surface area (Å²) in [5.41, 5.74) is 2.28. The van der Waals surface area contributed by atoms with E-state index in [-0.39, 0.29) is 5.75 Å². The summed E-state index contributed by atoms with van der Waals surface area (Å²) in [4.78, 5) is 6.48. The first-order valence-corrected chi connectivity index (χ1v) is 6.51. The van der Waals surface area contributed by atoms with Crippen LogP contribution in [0.15, 0.2) is 54.6 Å². The van der Waals surface area contributed by atoms with Crippen molar-refractivity contribution in [3.05, 3.63) is 60.2 Å². The number of anilines is 2. The van der Waals surface area contributed by atoms with Gasteiger partial charge in [0.2, 0.25) is 0 Å². The maximum atomic E-state index is 9.36. The highest BCUT2D eigenvalue weighted by Crippen LogP contribution is 2.27. The number of pyridine rings is 1. The number of para-hydroxylation sites is 1. The van der Waals surface area contributed by atoms with E-state index in [1.54, 1.807) is 30.3 Å². The average Bonchev–Trinajstić information content (AvgIpc) is 2.53. The normalized spacial score (nSPS) is 10.3. The van der Waals surface area contributed by atoms with Gasteiger partial charge in [0, 0.05) is 18.1 Å². The zero-order valence-electron chi connectivity index (χ0n) is 11.5. The van der Waals surface area contributed by atoms with E-state index in [2.05, 4.69) is 11.1 Å². The number of phenolic OH excluding ortho intramolecular Hbond substituents is 1. The van der Waals surface area contributed by atoms with Crippen molar-refractivity contribution in [1.82, 2.24) is 4.98 Å². The number of hydrogen-bond acceptors (Lipinski definition) is 4. The topological polar surface area (TPSA) is 60.1 Å². The lowest BCUT2D eigenvalue weighted by atomic mass is 10.1. The van der Waals surface area contributed by atoms with Crippen molar-refractivity contribution in [1.29, 1.82) is 5.26 Å². The summed E-state index contributed by atoms with van der Waals surface area (Å²) in [5, 5.41) is 19.5. The van der Waals surface area contributed by atoms with E-state index in [4.69, 9.17) is 0 Å². The quantitative estimate of drug-likeness (QED) is 0.776. The van der Waals surface area contributed by atoms with E-state index in [0.29, 0.717) is 11.4 Å². The van der Waals surface area contributed by atoms with Crippen LogP contribution in [0.3, 0.4) is 0 Å². The number of phenols is 1. The van der Waals surface area contributed by atoms with Crippen LogP contribution >= 0.6 is 0 Å². The van der Waals surface area contributed by atoms with Crippen molar-refractivity contribution in [2.45, 2.75) is 0 Å². The van der Waals surface area contributed by atoms with Crippen molar-refractivity contribution in [2.75, 3.05) is 11.9 Å². The molecule has 4 heteroatoms. The number of fused-ring (bicyclic) bond motifs is 1. The van der Waals surface area contributed by atoms with Gasteiger partial charge in [0.05, 0.1) is 17.1 Å². The number of benzene rings is 2. The van der Waals surface area contributed by atoms with Gasteiger partial charge in [-0.25, -0.2) is 4.98 Å². The van der Waals surface area contributed by atoms with Gasteiger partial charge in [0.25, 0.3) is 0 Å². The SMILES string of the molecule is CN(c1ccc(O)cc1)c1cc(C#N)c2ccccc2n1. The van der Waals surface area contributed by atoms with Crippen molar-refractivity contribution >= 4 is 22.4 Å². The van der Waals surface area contributed by atoms with Gasteiger partial charge in [-0.1, -0.05) is 18.2 Å². The lowest BCUT2D eigenvalue weighted by Crippen LogP contribution is -2.11. The minimum Gasteiger partial charge on any atom is -0.508 e. The molecule has 1 heterocycles. The molecule has 0 spiro atoms. The molecule has 102 valence electrons. The second kappa shape index (κ2) is 5.14.